The maximum Gasteiger partial charge on any atom is 0.0894 e. The van der Waals surface area contributed by atoms with Crippen LogP contribution in [0.15, 0.2) is 18.3 Å². The molecular formula is C15H24N2O. The van der Waals surface area contributed by atoms with E-state index < -0.39 is 0 Å². The average Bonchev–Trinajstić information content (AvgIpc) is 2.37. The Morgan fingerprint density at radius 3 is 2.44 bits per heavy atom. The van der Waals surface area contributed by atoms with E-state index in [4.69, 9.17) is 4.74 Å². The summed E-state index contributed by atoms with van der Waals surface area (Å²) in [6.45, 7) is 9.11. The maximum atomic E-state index is 5.72. The zero-order valence-electron chi connectivity index (χ0n) is 11.8. The van der Waals surface area contributed by atoms with Crippen molar-refractivity contribution in [3.05, 3.63) is 24.0 Å². The highest BCUT2D eigenvalue weighted by Crippen LogP contribution is 2.19. The first kappa shape index (κ1) is 13.3. The number of piperidine rings is 1. The first-order chi connectivity index (χ1) is 8.54. The lowest BCUT2D eigenvalue weighted by Gasteiger charge is -2.28. The molecule has 1 aliphatic heterocycles. The third kappa shape index (κ3) is 3.98. The fourth-order valence-electron chi connectivity index (χ4n) is 2.13. The Balaban J connectivity index is 1.92. The number of pyridine rings is 1. The molecule has 1 aromatic rings. The molecule has 1 aromatic heterocycles. The molecule has 100 valence electrons. The summed E-state index contributed by atoms with van der Waals surface area (Å²) in [7, 11) is 0. The van der Waals surface area contributed by atoms with Crippen molar-refractivity contribution in [3.63, 3.8) is 0 Å². The Morgan fingerprint density at radius 2 is 1.89 bits per heavy atom. The van der Waals surface area contributed by atoms with Gasteiger partial charge in [-0.15, -0.1) is 0 Å². The van der Waals surface area contributed by atoms with Crippen LogP contribution in [-0.2, 0) is 11.3 Å². The van der Waals surface area contributed by atoms with Gasteiger partial charge >= 0.3 is 0 Å². The number of nitrogens with zero attached hydrogens (tertiary/aromatic N) is 2. The lowest BCUT2D eigenvalue weighted by Crippen LogP contribution is -2.29. The Hall–Kier alpha value is -1.09. The van der Waals surface area contributed by atoms with Crippen molar-refractivity contribution in [1.82, 2.24) is 4.98 Å². The molecule has 1 fully saturated rings. The highest BCUT2D eigenvalue weighted by atomic mass is 16.5. The molecule has 0 spiro atoms. The van der Waals surface area contributed by atoms with Gasteiger partial charge < -0.3 is 9.64 Å². The molecule has 2 heterocycles. The van der Waals surface area contributed by atoms with Crippen LogP contribution in [0, 0.1) is 0 Å². The van der Waals surface area contributed by atoms with Gasteiger partial charge in [-0.25, -0.2) is 0 Å². The summed E-state index contributed by atoms with van der Waals surface area (Å²) in [4.78, 5) is 6.91. The highest BCUT2D eigenvalue weighted by Gasteiger charge is 2.12. The second-order valence-corrected chi connectivity index (χ2v) is 5.96. The van der Waals surface area contributed by atoms with Crippen molar-refractivity contribution < 1.29 is 4.74 Å². The van der Waals surface area contributed by atoms with E-state index in [9.17, 15) is 0 Å². The van der Waals surface area contributed by atoms with E-state index in [1.807, 2.05) is 6.20 Å². The molecule has 0 aliphatic carbocycles. The number of rotatable bonds is 3. The van der Waals surface area contributed by atoms with Crippen LogP contribution < -0.4 is 4.90 Å². The Bertz CT molecular complexity index is 361. The van der Waals surface area contributed by atoms with Crippen molar-refractivity contribution in [3.8, 4) is 0 Å². The van der Waals surface area contributed by atoms with Crippen molar-refractivity contribution in [2.75, 3.05) is 18.0 Å². The Morgan fingerprint density at radius 1 is 1.17 bits per heavy atom. The van der Waals surface area contributed by atoms with Crippen LogP contribution in [0.2, 0.25) is 0 Å². The van der Waals surface area contributed by atoms with E-state index in [0.29, 0.717) is 6.61 Å². The maximum absolute atomic E-state index is 5.72. The summed E-state index contributed by atoms with van der Waals surface area (Å²) in [6.07, 6.45) is 5.94. The smallest absolute Gasteiger partial charge is 0.0894 e. The SMILES string of the molecule is CC(C)(C)OCc1ccc(N2CCCCC2)cn1. The van der Waals surface area contributed by atoms with Crippen molar-refractivity contribution in [1.29, 1.82) is 0 Å². The molecule has 2 rings (SSSR count). The van der Waals surface area contributed by atoms with Gasteiger partial charge in [-0.2, -0.15) is 0 Å². The first-order valence-electron chi connectivity index (χ1n) is 6.88. The summed E-state index contributed by atoms with van der Waals surface area (Å²) < 4.78 is 5.72. The van der Waals surface area contributed by atoms with Gasteiger partial charge in [0.05, 0.1) is 29.8 Å². The van der Waals surface area contributed by atoms with Crippen LogP contribution in [0.3, 0.4) is 0 Å². The molecule has 0 atom stereocenters. The van der Waals surface area contributed by atoms with Crippen LogP contribution in [0.5, 0.6) is 0 Å². The zero-order valence-corrected chi connectivity index (χ0v) is 11.8. The standard InChI is InChI=1S/C15H24N2O/c1-15(2,3)18-12-13-7-8-14(11-16-13)17-9-5-4-6-10-17/h7-8,11H,4-6,9-10,12H2,1-3H3. The minimum Gasteiger partial charge on any atom is -0.370 e. The van der Waals surface area contributed by atoms with Crippen molar-refractivity contribution >= 4 is 5.69 Å². The van der Waals surface area contributed by atoms with E-state index in [1.165, 1.54) is 38.0 Å². The number of aromatic nitrogens is 1. The molecule has 18 heavy (non-hydrogen) atoms. The fraction of sp³-hybridized carbons (Fsp3) is 0.667. The molecule has 0 amide bonds. The number of hydrogen-bond donors (Lipinski definition) is 0. The summed E-state index contributed by atoms with van der Waals surface area (Å²) >= 11 is 0. The number of ether oxygens (including phenoxy) is 1. The molecule has 0 aromatic carbocycles. The molecule has 1 saturated heterocycles. The van der Waals surface area contributed by atoms with Crippen LogP contribution in [0.4, 0.5) is 5.69 Å². The molecule has 0 saturated carbocycles. The largest absolute Gasteiger partial charge is 0.370 e. The lowest BCUT2D eigenvalue weighted by atomic mass is 10.1. The third-order valence-corrected chi connectivity index (χ3v) is 3.18. The third-order valence-electron chi connectivity index (χ3n) is 3.18. The minimum absolute atomic E-state index is 0.104. The van der Waals surface area contributed by atoms with Crippen LogP contribution in [-0.4, -0.2) is 23.7 Å². The lowest BCUT2D eigenvalue weighted by molar-refractivity contribution is -0.0164. The zero-order chi connectivity index (χ0) is 13.0. The summed E-state index contributed by atoms with van der Waals surface area (Å²) in [5.41, 5.74) is 2.15. The molecule has 1 aliphatic rings. The number of anilines is 1. The van der Waals surface area contributed by atoms with E-state index in [0.717, 1.165) is 5.69 Å². The van der Waals surface area contributed by atoms with Crippen LogP contribution in [0.25, 0.3) is 0 Å². The minimum atomic E-state index is -0.104. The second kappa shape index (κ2) is 5.70. The van der Waals surface area contributed by atoms with Gasteiger partial charge in [0.15, 0.2) is 0 Å². The van der Waals surface area contributed by atoms with Gasteiger partial charge in [0.2, 0.25) is 0 Å². The highest BCUT2D eigenvalue weighted by molar-refractivity contribution is 5.44. The summed E-state index contributed by atoms with van der Waals surface area (Å²) in [5.74, 6) is 0. The Kier molecular flexibility index (Phi) is 4.23. The molecule has 0 N–H and O–H groups in total. The monoisotopic (exact) mass is 248 g/mol. The molecule has 0 bridgehead atoms. The predicted octanol–water partition coefficient (Wildman–Crippen LogP) is 3.39. The summed E-state index contributed by atoms with van der Waals surface area (Å²) in [6, 6.07) is 4.25. The van der Waals surface area contributed by atoms with Gasteiger partial charge in [-0.05, 0) is 52.2 Å². The van der Waals surface area contributed by atoms with Gasteiger partial charge in [-0.1, -0.05) is 0 Å². The van der Waals surface area contributed by atoms with Gasteiger partial charge in [0, 0.05) is 13.1 Å². The fourth-order valence-corrected chi connectivity index (χ4v) is 2.13. The predicted molar refractivity (Wildman–Crippen MR) is 74.8 cm³/mol. The van der Waals surface area contributed by atoms with Crippen LogP contribution >= 0.6 is 0 Å². The first-order valence-corrected chi connectivity index (χ1v) is 6.88. The van der Waals surface area contributed by atoms with E-state index in [1.54, 1.807) is 0 Å². The van der Waals surface area contributed by atoms with E-state index in [2.05, 4.69) is 42.8 Å². The van der Waals surface area contributed by atoms with Gasteiger partial charge in [-0.3, -0.25) is 4.98 Å². The van der Waals surface area contributed by atoms with Gasteiger partial charge in [0.25, 0.3) is 0 Å². The second-order valence-electron chi connectivity index (χ2n) is 5.96. The molecule has 3 heteroatoms. The topological polar surface area (TPSA) is 25.4 Å². The van der Waals surface area contributed by atoms with E-state index in [-0.39, 0.29) is 5.60 Å². The normalized spacial score (nSPS) is 16.9. The Labute approximate surface area is 110 Å². The molecule has 0 radical (unpaired) electrons. The average molecular weight is 248 g/mol. The van der Waals surface area contributed by atoms with E-state index >= 15 is 0 Å². The van der Waals surface area contributed by atoms with Gasteiger partial charge in [0.1, 0.15) is 0 Å². The van der Waals surface area contributed by atoms with Crippen molar-refractivity contribution in [2.45, 2.75) is 52.2 Å². The molecular weight excluding hydrogens is 224 g/mol. The molecule has 0 unspecified atom stereocenters. The van der Waals surface area contributed by atoms with Crippen molar-refractivity contribution in [2.24, 2.45) is 0 Å². The van der Waals surface area contributed by atoms with Crippen LogP contribution in [0.1, 0.15) is 45.7 Å². The molecule has 3 nitrogen and oxygen atoms in total. The quantitative estimate of drug-likeness (QED) is 0.820. The summed E-state index contributed by atoms with van der Waals surface area (Å²) in [5, 5.41) is 0. The number of hydrogen-bond acceptors (Lipinski definition) is 3.